The largest absolute Gasteiger partial charge is 0.490 e. The monoisotopic (exact) mass is 300 g/mol. The highest BCUT2D eigenvalue weighted by molar-refractivity contribution is 9.09. The summed E-state index contributed by atoms with van der Waals surface area (Å²) in [6.07, 6.45) is 2.27. The molecule has 0 aliphatic carbocycles. The highest BCUT2D eigenvalue weighted by atomic mass is 79.9. The molecule has 0 fully saturated rings. The molecule has 0 heterocycles. The second-order valence-corrected chi connectivity index (χ2v) is 4.89. The first kappa shape index (κ1) is 14.4. The van der Waals surface area contributed by atoms with E-state index in [1.165, 1.54) is 6.42 Å². The highest BCUT2D eigenvalue weighted by Gasteiger charge is 2.05. The first-order valence-electron chi connectivity index (χ1n) is 6.18. The number of rotatable bonds is 8. The van der Waals surface area contributed by atoms with Crippen molar-refractivity contribution in [3.05, 3.63) is 24.3 Å². The minimum Gasteiger partial charge on any atom is -0.490 e. The zero-order chi connectivity index (χ0) is 12.5. The van der Waals surface area contributed by atoms with Crippen LogP contribution in [0, 0.1) is 5.92 Å². The Morgan fingerprint density at radius 3 is 2.35 bits per heavy atom. The van der Waals surface area contributed by atoms with E-state index in [1.807, 2.05) is 31.2 Å². The molecule has 0 amide bonds. The summed E-state index contributed by atoms with van der Waals surface area (Å²) in [6, 6.07) is 7.84. The van der Waals surface area contributed by atoms with Gasteiger partial charge in [0.15, 0.2) is 11.5 Å². The zero-order valence-corrected chi connectivity index (χ0v) is 12.2. The normalized spacial score (nSPS) is 12.2. The second-order valence-electron chi connectivity index (χ2n) is 4.10. The SMILES string of the molecule is CCOc1ccccc1OCCC(C)CCBr. The number of hydrogen-bond acceptors (Lipinski definition) is 2. The number of hydrogen-bond donors (Lipinski definition) is 0. The van der Waals surface area contributed by atoms with Gasteiger partial charge < -0.3 is 9.47 Å². The van der Waals surface area contributed by atoms with E-state index in [0.29, 0.717) is 12.5 Å². The van der Waals surface area contributed by atoms with Crippen LogP contribution in [0.5, 0.6) is 11.5 Å². The van der Waals surface area contributed by atoms with Crippen molar-refractivity contribution >= 4 is 15.9 Å². The summed E-state index contributed by atoms with van der Waals surface area (Å²) in [6.45, 7) is 5.65. The van der Waals surface area contributed by atoms with Crippen molar-refractivity contribution in [2.45, 2.75) is 26.7 Å². The van der Waals surface area contributed by atoms with Crippen molar-refractivity contribution in [3.8, 4) is 11.5 Å². The minimum atomic E-state index is 0.667. The van der Waals surface area contributed by atoms with Crippen LogP contribution >= 0.6 is 15.9 Å². The minimum absolute atomic E-state index is 0.667. The molecule has 0 aliphatic heterocycles. The molecular weight excluding hydrogens is 280 g/mol. The Kier molecular flexibility index (Phi) is 7.10. The third-order valence-electron chi connectivity index (χ3n) is 2.62. The molecule has 1 atom stereocenters. The molecule has 0 saturated carbocycles. The Morgan fingerprint density at radius 2 is 1.76 bits per heavy atom. The molecular formula is C14H21BrO2. The molecule has 0 bridgehead atoms. The quantitative estimate of drug-likeness (QED) is 0.667. The Hall–Kier alpha value is -0.700. The summed E-state index contributed by atoms with van der Waals surface area (Å²) in [5.41, 5.74) is 0. The summed E-state index contributed by atoms with van der Waals surface area (Å²) in [5, 5.41) is 1.06. The molecule has 2 nitrogen and oxygen atoms in total. The lowest BCUT2D eigenvalue weighted by atomic mass is 10.1. The predicted octanol–water partition coefficient (Wildman–Crippen LogP) is 4.28. The van der Waals surface area contributed by atoms with Crippen molar-refractivity contribution in [3.63, 3.8) is 0 Å². The summed E-state index contributed by atoms with van der Waals surface area (Å²) in [5.74, 6) is 2.37. The molecule has 1 rings (SSSR count). The second kappa shape index (κ2) is 8.40. The van der Waals surface area contributed by atoms with E-state index in [1.54, 1.807) is 0 Å². The highest BCUT2D eigenvalue weighted by Crippen LogP contribution is 2.26. The van der Waals surface area contributed by atoms with Gasteiger partial charge in [0, 0.05) is 5.33 Å². The fraction of sp³-hybridized carbons (Fsp3) is 0.571. The van der Waals surface area contributed by atoms with Gasteiger partial charge in [-0.2, -0.15) is 0 Å². The Bertz CT molecular complexity index is 315. The van der Waals surface area contributed by atoms with E-state index >= 15 is 0 Å². The number of halogens is 1. The number of alkyl halides is 1. The van der Waals surface area contributed by atoms with Gasteiger partial charge in [0.1, 0.15) is 0 Å². The maximum absolute atomic E-state index is 5.77. The van der Waals surface area contributed by atoms with Crippen LogP contribution in [0.25, 0.3) is 0 Å². The third kappa shape index (κ3) is 5.44. The molecule has 0 aliphatic rings. The standard InChI is InChI=1S/C14H21BrO2/c1-3-16-13-6-4-5-7-14(13)17-11-9-12(2)8-10-15/h4-7,12H,3,8-11H2,1-2H3. The molecule has 1 unspecified atom stereocenters. The fourth-order valence-corrected chi connectivity index (χ4v) is 2.33. The van der Waals surface area contributed by atoms with Crippen molar-refractivity contribution in [2.24, 2.45) is 5.92 Å². The summed E-state index contributed by atoms with van der Waals surface area (Å²) >= 11 is 3.46. The molecule has 0 N–H and O–H groups in total. The van der Waals surface area contributed by atoms with E-state index in [0.717, 1.165) is 29.9 Å². The number of ether oxygens (including phenoxy) is 2. The van der Waals surface area contributed by atoms with Gasteiger partial charge in [0.2, 0.25) is 0 Å². The maximum atomic E-state index is 5.77. The fourth-order valence-electron chi connectivity index (χ4n) is 1.54. The Balaban J connectivity index is 2.40. The van der Waals surface area contributed by atoms with Crippen LogP contribution in [0.4, 0.5) is 0 Å². The molecule has 1 aromatic carbocycles. The smallest absolute Gasteiger partial charge is 0.161 e. The number of benzene rings is 1. The molecule has 3 heteroatoms. The van der Waals surface area contributed by atoms with Gasteiger partial charge in [0.25, 0.3) is 0 Å². The Morgan fingerprint density at radius 1 is 1.12 bits per heavy atom. The van der Waals surface area contributed by atoms with Crippen molar-refractivity contribution in [1.29, 1.82) is 0 Å². The van der Waals surface area contributed by atoms with Crippen LogP contribution in [-0.2, 0) is 0 Å². The molecule has 0 radical (unpaired) electrons. The van der Waals surface area contributed by atoms with Gasteiger partial charge in [-0.05, 0) is 37.8 Å². The third-order valence-corrected chi connectivity index (χ3v) is 3.08. The Labute approximate surface area is 112 Å². The molecule has 1 aromatic rings. The van der Waals surface area contributed by atoms with Gasteiger partial charge in [-0.3, -0.25) is 0 Å². The van der Waals surface area contributed by atoms with E-state index in [2.05, 4.69) is 22.9 Å². The lowest BCUT2D eigenvalue weighted by Crippen LogP contribution is -2.05. The topological polar surface area (TPSA) is 18.5 Å². The van der Waals surface area contributed by atoms with Crippen LogP contribution in [0.1, 0.15) is 26.7 Å². The van der Waals surface area contributed by atoms with Gasteiger partial charge in [-0.1, -0.05) is 35.0 Å². The van der Waals surface area contributed by atoms with Crippen LogP contribution in [0.15, 0.2) is 24.3 Å². The van der Waals surface area contributed by atoms with E-state index in [4.69, 9.17) is 9.47 Å². The molecule has 17 heavy (non-hydrogen) atoms. The molecule has 0 spiro atoms. The number of para-hydroxylation sites is 2. The van der Waals surface area contributed by atoms with Crippen molar-refractivity contribution in [2.75, 3.05) is 18.5 Å². The lowest BCUT2D eigenvalue weighted by molar-refractivity contribution is 0.257. The lowest BCUT2D eigenvalue weighted by Gasteiger charge is -2.13. The first-order chi connectivity index (χ1) is 8.27. The van der Waals surface area contributed by atoms with Crippen molar-refractivity contribution < 1.29 is 9.47 Å². The van der Waals surface area contributed by atoms with Gasteiger partial charge >= 0.3 is 0 Å². The average molecular weight is 301 g/mol. The first-order valence-corrected chi connectivity index (χ1v) is 7.30. The zero-order valence-electron chi connectivity index (χ0n) is 10.6. The van der Waals surface area contributed by atoms with E-state index in [-0.39, 0.29) is 0 Å². The summed E-state index contributed by atoms with van der Waals surface area (Å²) < 4.78 is 11.3. The molecule has 96 valence electrons. The maximum Gasteiger partial charge on any atom is 0.161 e. The molecule has 0 saturated heterocycles. The van der Waals surface area contributed by atoms with Crippen LogP contribution < -0.4 is 9.47 Å². The summed E-state index contributed by atoms with van der Waals surface area (Å²) in [4.78, 5) is 0. The van der Waals surface area contributed by atoms with Gasteiger partial charge in [-0.25, -0.2) is 0 Å². The summed E-state index contributed by atoms with van der Waals surface area (Å²) in [7, 11) is 0. The molecule has 0 aromatic heterocycles. The van der Waals surface area contributed by atoms with E-state index < -0.39 is 0 Å². The van der Waals surface area contributed by atoms with Gasteiger partial charge in [-0.15, -0.1) is 0 Å². The van der Waals surface area contributed by atoms with E-state index in [9.17, 15) is 0 Å². The van der Waals surface area contributed by atoms with Gasteiger partial charge in [0.05, 0.1) is 13.2 Å². The van der Waals surface area contributed by atoms with Crippen LogP contribution in [-0.4, -0.2) is 18.5 Å². The average Bonchev–Trinajstić information content (AvgIpc) is 2.32. The van der Waals surface area contributed by atoms with Crippen LogP contribution in [0.2, 0.25) is 0 Å². The van der Waals surface area contributed by atoms with Crippen LogP contribution in [0.3, 0.4) is 0 Å². The predicted molar refractivity (Wildman–Crippen MR) is 75.3 cm³/mol. The van der Waals surface area contributed by atoms with Crippen molar-refractivity contribution in [1.82, 2.24) is 0 Å².